The van der Waals surface area contributed by atoms with Gasteiger partial charge in [0.05, 0.1) is 11.4 Å². The first kappa shape index (κ1) is 13.9. The molecule has 2 aromatic rings. The van der Waals surface area contributed by atoms with Gasteiger partial charge in [-0.25, -0.2) is 0 Å². The van der Waals surface area contributed by atoms with Crippen molar-refractivity contribution in [3.8, 4) is 0 Å². The highest BCUT2D eigenvalue weighted by molar-refractivity contribution is 5.38. The van der Waals surface area contributed by atoms with E-state index in [0.29, 0.717) is 6.04 Å². The van der Waals surface area contributed by atoms with Crippen molar-refractivity contribution in [1.29, 1.82) is 0 Å². The molecule has 3 rings (SSSR count). The molecule has 110 valence electrons. The van der Waals surface area contributed by atoms with Crippen molar-refractivity contribution >= 4 is 5.82 Å². The van der Waals surface area contributed by atoms with Gasteiger partial charge in [-0.05, 0) is 44.0 Å². The van der Waals surface area contributed by atoms with Crippen LogP contribution in [-0.2, 0) is 6.54 Å². The third-order valence-corrected chi connectivity index (χ3v) is 3.83. The minimum atomic E-state index is 0.476. The Morgan fingerprint density at radius 1 is 1.24 bits per heavy atom. The Kier molecular flexibility index (Phi) is 4.40. The van der Waals surface area contributed by atoms with Gasteiger partial charge >= 0.3 is 0 Å². The maximum atomic E-state index is 4.35. The second-order valence-corrected chi connectivity index (χ2v) is 5.52. The molecule has 0 aromatic carbocycles. The molecule has 0 bridgehead atoms. The lowest BCUT2D eigenvalue weighted by Gasteiger charge is -2.33. The van der Waals surface area contributed by atoms with E-state index in [1.54, 1.807) is 0 Å². The summed E-state index contributed by atoms with van der Waals surface area (Å²) >= 11 is 0. The van der Waals surface area contributed by atoms with Gasteiger partial charge in [0, 0.05) is 31.9 Å². The number of anilines is 1. The maximum Gasteiger partial charge on any atom is 0.151 e. The molecule has 0 spiro atoms. The quantitative estimate of drug-likeness (QED) is 0.929. The number of pyridine rings is 1. The first-order valence-corrected chi connectivity index (χ1v) is 7.50. The number of aromatic nitrogens is 3. The van der Waals surface area contributed by atoms with Gasteiger partial charge in [0.25, 0.3) is 0 Å². The minimum absolute atomic E-state index is 0.476. The number of hydrogen-bond acceptors (Lipinski definition) is 5. The second kappa shape index (κ2) is 6.63. The Morgan fingerprint density at radius 2 is 2.19 bits per heavy atom. The first-order chi connectivity index (χ1) is 10.3. The standard InChI is InChI=1S/C16H21N5/c1-13-7-8-16(20-19-13)21-10-4-6-15(12-21)18-11-14-5-2-3-9-17-14/h2-3,5,7-9,15,18H,4,6,10-12H2,1H3/t15-/m0/s1. The van der Waals surface area contributed by atoms with Gasteiger partial charge in [0.15, 0.2) is 5.82 Å². The van der Waals surface area contributed by atoms with Gasteiger partial charge in [-0.3, -0.25) is 4.98 Å². The van der Waals surface area contributed by atoms with Crippen LogP contribution < -0.4 is 10.2 Å². The number of nitrogens with zero attached hydrogens (tertiary/aromatic N) is 4. The molecule has 2 aromatic heterocycles. The van der Waals surface area contributed by atoms with Gasteiger partial charge in [-0.15, -0.1) is 5.10 Å². The molecule has 21 heavy (non-hydrogen) atoms. The van der Waals surface area contributed by atoms with Gasteiger partial charge in [0.1, 0.15) is 0 Å². The van der Waals surface area contributed by atoms with Crippen molar-refractivity contribution in [1.82, 2.24) is 20.5 Å². The Hall–Kier alpha value is -2.01. The molecule has 1 saturated heterocycles. The third kappa shape index (κ3) is 3.76. The molecule has 5 heteroatoms. The van der Waals surface area contributed by atoms with Crippen LogP contribution in [0.2, 0.25) is 0 Å². The maximum absolute atomic E-state index is 4.35. The van der Waals surface area contributed by atoms with Crippen LogP contribution in [0.4, 0.5) is 5.82 Å². The number of piperidine rings is 1. The van der Waals surface area contributed by atoms with Crippen LogP contribution in [0.3, 0.4) is 0 Å². The minimum Gasteiger partial charge on any atom is -0.354 e. The lowest BCUT2D eigenvalue weighted by Crippen LogP contribution is -2.45. The SMILES string of the molecule is Cc1ccc(N2CCC[C@H](NCc3ccccn3)C2)nn1. The molecule has 1 fully saturated rings. The van der Waals surface area contributed by atoms with Gasteiger partial charge in [-0.2, -0.15) is 5.10 Å². The molecule has 1 atom stereocenters. The van der Waals surface area contributed by atoms with Crippen LogP contribution in [0.25, 0.3) is 0 Å². The highest BCUT2D eigenvalue weighted by Crippen LogP contribution is 2.17. The van der Waals surface area contributed by atoms with Crippen LogP contribution in [0.1, 0.15) is 24.2 Å². The summed E-state index contributed by atoms with van der Waals surface area (Å²) in [4.78, 5) is 6.66. The summed E-state index contributed by atoms with van der Waals surface area (Å²) in [5.74, 6) is 0.977. The number of aryl methyl sites for hydroxylation is 1. The van der Waals surface area contributed by atoms with Crippen molar-refractivity contribution in [3.63, 3.8) is 0 Å². The zero-order chi connectivity index (χ0) is 14.5. The van der Waals surface area contributed by atoms with Crippen LogP contribution >= 0.6 is 0 Å². The lowest BCUT2D eigenvalue weighted by atomic mass is 10.1. The molecule has 0 radical (unpaired) electrons. The van der Waals surface area contributed by atoms with Gasteiger partial charge in [0.2, 0.25) is 0 Å². The van der Waals surface area contributed by atoms with E-state index in [0.717, 1.165) is 36.8 Å². The summed E-state index contributed by atoms with van der Waals surface area (Å²) in [6.07, 6.45) is 4.21. The first-order valence-electron chi connectivity index (χ1n) is 7.50. The summed E-state index contributed by atoms with van der Waals surface area (Å²) < 4.78 is 0. The van der Waals surface area contributed by atoms with E-state index in [1.807, 2.05) is 31.3 Å². The fourth-order valence-electron chi connectivity index (χ4n) is 2.66. The average Bonchev–Trinajstić information content (AvgIpc) is 2.55. The van der Waals surface area contributed by atoms with Crippen LogP contribution in [-0.4, -0.2) is 34.3 Å². The Bertz CT molecular complexity index is 555. The van der Waals surface area contributed by atoms with E-state index in [1.165, 1.54) is 12.8 Å². The molecule has 3 heterocycles. The van der Waals surface area contributed by atoms with Crippen molar-refractivity contribution in [2.45, 2.75) is 32.4 Å². The topological polar surface area (TPSA) is 53.9 Å². The fraction of sp³-hybridized carbons (Fsp3) is 0.438. The normalized spacial score (nSPS) is 18.7. The molecule has 0 amide bonds. The molecule has 1 aliphatic heterocycles. The van der Waals surface area contributed by atoms with E-state index >= 15 is 0 Å². The lowest BCUT2D eigenvalue weighted by molar-refractivity contribution is 0.417. The Balaban J connectivity index is 1.57. The smallest absolute Gasteiger partial charge is 0.151 e. The molecule has 0 aliphatic carbocycles. The monoisotopic (exact) mass is 283 g/mol. The third-order valence-electron chi connectivity index (χ3n) is 3.83. The largest absolute Gasteiger partial charge is 0.354 e. The highest BCUT2D eigenvalue weighted by Gasteiger charge is 2.20. The summed E-state index contributed by atoms with van der Waals surface area (Å²) in [6.45, 7) is 4.81. The molecule has 0 saturated carbocycles. The molecular formula is C16H21N5. The molecule has 5 nitrogen and oxygen atoms in total. The zero-order valence-electron chi connectivity index (χ0n) is 12.4. The number of hydrogen-bond donors (Lipinski definition) is 1. The van der Waals surface area contributed by atoms with Crippen LogP contribution in [0.5, 0.6) is 0 Å². The van der Waals surface area contributed by atoms with E-state index in [2.05, 4.69) is 37.5 Å². The van der Waals surface area contributed by atoms with Crippen molar-refractivity contribution in [2.75, 3.05) is 18.0 Å². The summed E-state index contributed by atoms with van der Waals surface area (Å²) in [6, 6.07) is 10.6. The number of nitrogens with one attached hydrogen (secondary N) is 1. The number of rotatable bonds is 4. The van der Waals surface area contributed by atoms with E-state index in [4.69, 9.17) is 0 Å². The summed E-state index contributed by atoms with van der Waals surface area (Å²) in [5.41, 5.74) is 2.05. The van der Waals surface area contributed by atoms with Gasteiger partial charge < -0.3 is 10.2 Å². The molecule has 0 unspecified atom stereocenters. The van der Waals surface area contributed by atoms with Crippen molar-refractivity contribution < 1.29 is 0 Å². The molecule has 1 aliphatic rings. The fourth-order valence-corrected chi connectivity index (χ4v) is 2.66. The van der Waals surface area contributed by atoms with Gasteiger partial charge in [-0.1, -0.05) is 6.07 Å². The summed E-state index contributed by atoms with van der Waals surface area (Å²) in [7, 11) is 0. The predicted molar refractivity (Wildman–Crippen MR) is 83.1 cm³/mol. The van der Waals surface area contributed by atoms with E-state index in [-0.39, 0.29) is 0 Å². The Labute approximate surface area is 125 Å². The predicted octanol–water partition coefficient (Wildman–Crippen LogP) is 1.94. The second-order valence-electron chi connectivity index (χ2n) is 5.52. The van der Waals surface area contributed by atoms with Crippen LogP contribution in [0, 0.1) is 6.92 Å². The van der Waals surface area contributed by atoms with Crippen LogP contribution in [0.15, 0.2) is 36.5 Å². The van der Waals surface area contributed by atoms with E-state index < -0.39 is 0 Å². The van der Waals surface area contributed by atoms with Crippen molar-refractivity contribution in [3.05, 3.63) is 47.9 Å². The van der Waals surface area contributed by atoms with Crippen molar-refractivity contribution in [2.24, 2.45) is 0 Å². The molecular weight excluding hydrogens is 262 g/mol. The van der Waals surface area contributed by atoms with E-state index in [9.17, 15) is 0 Å². The Morgan fingerprint density at radius 3 is 2.95 bits per heavy atom. The summed E-state index contributed by atoms with van der Waals surface area (Å²) in [5, 5.41) is 12.0. The zero-order valence-corrected chi connectivity index (χ0v) is 12.4. The molecule has 1 N–H and O–H groups in total. The highest BCUT2D eigenvalue weighted by atomic mass is 15.3. The average molecular weight is 283 g/mol.